The Balaban J connectivity index is 1.32. The summed E-state index contributed by atoms with van der Waals surface area (Å²) in [6, 6.07) is 22.2. The minimum atomic E-state index is -0.366. The zero-order valence-corrected chi connectivity index (χ0v) is 18.8. The van der Waals surface area contributed by atoms with E-state index in [1.54, 1.807) is 29.2 Å². The first kappa shape index (κ1) is 22.2. The third kappa shape index (κ3) is 5.42. The third-order valence-corrected chi connectivity index (χ3v) is 5.95. The van der Waals surface area contributed by atoms with E-state index in [0.29, 0.717) is 35.5 Å². The van der Waals surface area contributed by atoms with Gasteiger partial charge in [-0.15, -0.1) is 0 Å². The normalized spacial score (nSPS) is 15.6. The van der Waals surface area contributed by atoms with Gasteiger partial charge in [-0.3, -0.25) is 9.59 Å². The highest BCUT2D eigenvalue weighted by molar-refractivity contribution is 6.35. The lowest BCUT2D eigenvalue weighted by Crippen LogP contribution is -2.32. The summed E-state index contributed by atoms with van der Waals surface area (Å²) in [5.41, 5.74) is 2.60. The minimum Gasteiger partial charge on any atom is -0.489 e. The van der Waals surface area contributed by atoms with E-state index in [2.05, 4.69) is 5.32 Å². The number of nitrogens with zero attached hydrogens (tertiary/aromatic N) is 1. The summed E-state index contributed by atoms with van der Waals surface area (Å²) in [7, 11) is 0. The van der Waals surface area contributed by atoms with Crippen LogP contribution in [0.3, 0.4) is 0 Å². The molecule has 0 spiro atoms. The molecule has 1 fully saturated rings. The van der Waals surface area contributed by atoms with Crippen LogP contribution in [-0.4, -0.2) is 18.4 Å². The van der Waals surface area contributed by atoms with Crippen LogP contribution in [0.25, 0.3) is 0 Å². The highest BCUT2D eigenvalue weighted by atomic mass is 35.5. The van der Waals surface area contributed by atoms with E-state index in [1.165, 1.54) is 0 Å². The Kier molecular flexibility index (Phi) is 6.98. The number of hydrogen-bond acceptors (Lipinski definition) is 3. The van der Waals surface area contributed by atoms with E-state index in [1.807, 2.05) is 48.5 Å². The van der Waals surface area contributed by atoms with E-state index in [9.17, 15) is 9.59 Å². The van der Waals surface area contributed by atoms with Crippen LogP contribution >= 0.6 is 23.2 Å². The van der Waals surface area contributed by atoms with Gasteiger partial charge in [-0.25, -0.2) is 0 Å². The van der Waals surface area contributed by atoms with Crippen LogP contribution in [0.4, 0.5) is 5.69 Å². The summed E-state index contributed by atoms with van der Waals surface area (Å²) >= 11 is 12.1. The van der Waals surface area contributed by atoms with Gasteiger partial charge >= 0.3 is 0 Å². The Bertz CT molecular complexity index is 1100. The fourth-order valence-electron chi connectivity index (χ4n) is 3.58. The minimum absolute atomic E-state index is 0.0634. The number of rotatable bonds is 7. The molecule has 1 aliphatic heterocycles. The predicted octanol–water partition coefficient (Wildman–Crippen LogP) is 5.24. The number of nitrogens with one attached hydrogen (secondary N) is 1. The Labute approximate surface area is 196 Å². The molecular formula is C25H22Cl2N2O3. The van der Waals surface area contributed by atoms with Gasteiger partial charge in [0.2, 0.25) is 11.8 Å². The molecule has 2 amide bonds. The van der Waals surface area contributed by atoms with Crippen LogP contribution in [0, 0.1) is 5.92 Å². The van der Waals surface area contributed by atoms with Crippen molar-refractivity contribution in [3.63, 3.8) is 0 Å². The van der Waals surface area contributed by atoms with Crippen LogP contribution in [-0.2, 0) is 22.7 Å². The van der Waals surface area contributed by atoms with Gasteiger partial charge in [0, 0.05) is 40.8 Å². The maximum Gasteiger partial charge on any atom is 0.227 e. The molecule has 3 aromatic rings. The Morgan fingerprint density at radius 3 is 2.50 bits per heavy atom. The number of halogens is 2. The molecule has 0 aliphatic carbocycles. The van der Waals surface area contributed by atoms with Crippen molar-refractivity contribution in [2.75, 3.05) is 11.4 Å². The lowest BCUT2D eigenvalue weighted by molar-refractivity contribution is -0.126. The highest BCUT2D eigenvalue weighted by Crippen LogP contribution is 2.28. The second-order valence-electron chi connectivity index (χ2n) is 7.63. The lowest BCUT2D eigenvalue weighted by atomic mass is 10.1. The predicted molar refractivity (Wildman–Crippen MR) is 126 cm³/mol. The van der Waals surface area contributed by atoms with Gasteiger partial charge in [0.1, 0.15) is 12.4 Å². The van der Waals surface area contributed by atoms with Crippen LogP contribution in [0.15, 0.2) is 72.8 Å². The lowest BCUT2D eigenvalue weighted by Gasteiger charge is -2.17. The summed E-state index contributed by atoms with van der Waals surface area (Å²) in [6.07, 6.45) is 0.202. The van der Waals surface area contributed by atoms with Crippen LogP contribution in [0.5, 0.6) is 5.75 Å². The molecule has 1 heterocycles. The van der Waals surface area contributed by atoms with Gasteiger partial charge in [-0.2, -0.15) is 0 Å². The molecule has 1 aliphatic rings. The van der Waals surface area contributed by atoms with Gasteiger partial charge in [0.05, 0.1) is 5.92 Å². The largest absolute Gasteiger partial charge is 0.489 e. The van der Waals surface area contributed by atoms with Gasteiger partial charge in [0.15, 0.2) is 0 Å². The van der Waals surface area contributed by atoms with E-state index in [-0.39, 0.29) is 24.2 Å². The van der Waals surface area contributed by atoms with Crippen molar-refractivity contribution >= 4 is 40.7 Å². The van der Waals surface area contributed by atoms with Crippen molar-refractivity contribution in [1.29, 1.82) is 0 Å². The molecule has 1 N–H and O–H groups in total. The second-order valence-corrected chi connectivity index (χ2v) is 8.47. The maximum atomic E-state index is 12.5. The number of carbonyl (C=O) groups excluding carboxylic acids is 2. The summed E-state index contributed by atoms with van der Waals surface area (Å²) in [4.78, 5) is 26.7. The number of carbonyl (C=O) groups is 2. The molecule has 164 valence electrons. The fraction of sp³-hybridized carbons (Fsp3) is 0.200. The summed E-state index contributed by atoms with van der Waals surface area (Å²) in [5.74, 6) is 0.119. The number of benzene rings is 3. The van der Waals surface area contributed by atoms with E-state index in [0.717, 1.165) is 16.8 Å². The van der Waals surface area contributed by atoms with Crippen LogP contribution in [0.1, 0.15) is 17.5 Å². The van der Waals surface area contributed by atoms with Gasteiger partial charge in [-0.1, -0.05) is 59.6 Å². The zero-order chi connectivity index (χ0) is 22.5. The molecule has 32 heavy (non-hydrogen) atoms. The van der Waals surface area contributed by atoms with Crippen molar-refractivity contribution in [2.45, 2.75) is 19.6 Å². The zero-order valence-electron chi connectivity index (χ0n) is 17.3. The molecule has 0 radical (unpaired) electrons. The van der Waals surface area contributed by atoms with Gasteiger partial charge < -0.3 is 15.0 Å². The first-order valence-electron chi connectivity index (χ1n) is 10.3. The molecule has 1 atom stereocenters. The monoisotopic (exact) mass is 468 g/mol. The van der Waals surface area contributed by atoms with Crippen molar-refractivity contribution in [2.24, 2.45) is 5.92 Å². The average molecular weight is 469 g/mol. The Morgan fingerprint density at radius 2 is 1.78 bits per heavy atom. The van der Waals surface area contributed by atoms with E-state index in [4.69, 9.17) is 27.9 Å². The highest BCUT2D eigenvalue weighted by Gasteiger charge is 2.35. The maximum absolute atomic E-state index is 12.5. The number of ether oxygens (including phenoxy) is 1. The molecule has 4 rings (SSSR count). The number of hydrogen-bond donors (Lipinski definition) is 1. The van der Waals surface area contributed by atoms with E-state index < -0.39 is 0 Å². The standard InChI is InChI=1S/C25H22Cl2N2O3/c26-20-7-6-18(23(27)13-20)16-32-22-10-8-21(9-11-22)29-15-19(12-24(29)30)25(31)28-14-17-4-2-1-3-5-17/h1-11,13,19H,12,14-16H2,(H,28,31)/t19-/m1/s1. The van der Waals surface area contributed by atoms with Crippen molar-refractivity contribution in [3.05, 3.63) is 94.0 Å². The summed E-state index contributed by atoms with van der Waals surface area (Å²) in [6.45, 7) is 1.12. The molecule has 0 unspecified atom stereocenters. The Morgan fingerprint density at radius 1 is 1.03 bits per heavy atom. The fourth-order valence-corrected chi connectivity index (χ4v) is 4.05. The summed E-state index contributed by atoms with van der Waals surface area (Å²) < 4.78 is 5.80. The summed E-state index contributed by atoms with van der Waals surface area (Å²) in [5, 5.41) is 4.05. The average Bonchev–Trinajstić information content (AvgIpc) is 3.19. The second kappa shape index (κ2) is 10.1. The van der Waals surface area contributed by atoms with Gasteiger partial charge in [0.25, 0.3) is 0 Å². The molecule has 0 aromatic heterocycles. The Hall–Kier alpha value is -3.02. The van der Waals surface area contributed by atoms with Crippen molar-refractivity contribution < 1.29 is 14.3 Å². The molecule has 7 heteroatoms. The molecule has 5 nitrogen and oxygen atoms in total. The number of anilines is 1. The molecule has 0 saturated carbocycles. The van der Waals surface area contributed by atoms with Crippen molar-refractivity contribution in [3.8, 4) is 5.75 Å². The molecular weight excluding hydrogens is 447 g/mol. The molecule has 1 saturated heterocycles. The number of amides is 2. The van der Waals surface area contributed by atoms with Crippen LogP contribution in [0.2, 0.25) is 10.0 Å². The quantitative estimate of drug-likeness (QED) is 0.515. The van der Waals surface area contributed by atoms with Gasteiger partial charge in [-0.05, 0) is 42.0 Å². The SMILES string of the molecule is O=C(NCc1ccccc1)[C@@H]1CC(=O)N(c2ccc(OCc3ccc(Cl)cc3Cl)cc2)C1. The molecule has 0 bridgehead atoms. The van der Waals surface area contributed by atoms with E-state index >= 15 is 0 Å². The smallest absolute Gasteiger partial charge is 0.227 e. The molecule has 3 aromatic carbocycles. The third-order valence-electron chi connectivity index (χ3n) is 5.36. The first-order chi connectivity index (χ1) is 15.5. The first-order valence-corrected chi connectivity index (χ1v) is 11.0. The van der Waals surface area contributed by atoms with Crippen LogP contribution < -0.4 is 15.0 Å². The topological polar surface area (TPSA) is 58.6 Å². The van der Waals surface area contributed by atoms with Crippen molar-refractivity contribution in [1.82, 2.24) is 5.32 Å².